The highest BCUT2D eigenvalue weighted by molar-refractivity contribution is 6.30. The number of halogens is 4. The molecule has 4 rings (SSSR count). The normalized spacial score (nSPS) is 26.9. The molecule has 1 saturated carbocycles. The Hall–Kier alpha value is -2.62. The second-order valence-electron chi connectivity index (χ2n) is 9.52. The Morgan fingerprint density at radius 3 is 2.66 bits per heavy atom. The number of alkyl halides is 3. The Kier molecular flexibility index (Phi) is 7.40. The van der Waals surface area contributed by atoms with E-state index in [1.165, 1.54) is 12.1 Å². The fraction of sp³-hybridized carbons (Fsp3) is 0.583. The molecule has 3 amide bonds. The monoisotopic (exact) mass is 513 g/mol. The van der Waals surface area contributed by atoms with E-state index >= 15 is 8.78 Å². The quantitative estimate of drug-likeness (QED) is 0.558. The Bertz CT molecular complexity index is 1020. The van der Waals surface area contributed by atoms with Crippen molar-refractivity contribution < 1.29 is 32.3 Å². The van der Waals surface area contributed by atoms with Crippen molar-refractivity contribution in [3.63, 3.8) is 0 Å². The third kappa shape index (κ3) is 5.03. The summed E-state index contributed by atoms with van der Waals surface area (Å²) in [5.74, 6) is -8.43. The average molecular weight is 514 g/mol. The maximum atomic E-state index is 15.2. The first kappa shape index (κ1) is 25.5. The average Bonchev–Trinajstić information content (AvgIpc) is 3.53. The Morgan fingerprint density at radius 2 is 2.00 bits per heavy atom. The molecule has 5 atom stereocenters. The van der Waals surface area contributed by atoms with Crippen molar-refractivity contribution in [3.8, 4) is 0 Å². The molecule has 2 saturated heterocycles. The fourth-order valence-electron chi connectivity index (χ4n) is 5.61. The first-order chi connectivity index (χ1) is 16.6. The van der Waals surface area contributed by atoms with E-state index in [0.29, 0.717) is 25.8 Å². The SMILES string of the molecule is O=C1NCC[C@@H]1C[C@H](NC(=O)[C@H]1[C@H]2CCC[C@H]2CN1C(=O)C(F)(F)c1cccc(Cl)c1)C(=O)CF. The standard InChI is InChI=1S/C24H27ClF3N3O4/c25-16-5-2-4-15(10-16)24(27,28)23(35)31-12-14-3-1-6-17(14)20(31)22(34)30-18(19(32)11-26)9-13-7-8-29-21(13)33/h2,4-5,10,13-14,17-18,20H,1,3,6-9,11-12H2,(H,29,33)(H,30,34)/t13-,14+,17+,18+,20-/m1/s1. The van der Waals surface area contributed by atoms with E-state index in [2.05, 4.69) is 10.6 Å². The van der Waals surface area contributed by atoms with Crippen LogP contribution in [0.4, 0.5) is 13.2 Å². The molecule has 1 aromatic rings. The van der Waals surface area contributed by atoms with E-state index in [-0.39, 0.29) is 35.7 Å². The molecule has 3 fully saturated rings. The molecule has 3 aliphatic rings. The summed E-state index contributed by atoms with van der Waals surface area (Å²) < 4.78 is 43.7. The minimum absolute atomic E-state index is 0.00943. The predicted octanol–water partition coefficient (Wildman–Crippen LogP) is 2.61. The second kappa shape index (κ2) is 10.2. The van der Waals surface area contributed by atoms with Gasteiger partial charge in [-0.15, -0.1) is 0 Å². The molecule has 35 heavy (non-hydrogen) atoms. The third-order valence-corrected chi connectivity index (χ3v) is 7.63. The number of likely N-dealkylation sites (tertiary alicyclic amines) is 1. The molecule has 0 bridgehead atoms. The molecule has 190 valence electrons. The van der Waals surface area contributed by atoms with E-state index in [1.807, 2.05) is 0 Å². The summed E-state index contributed by atoms with van der Waals surface area (Å²) in [7, 11) is 0. The Morgan fingerprint density at radius 1 is 1.23 bits per heavy atom. The lowest BCUT2D eigenvalue weighted by Crippen LogP contribution is -2.55. The van der Waals surface area contributed by atoms with Gasteiger partial charge in [0, 0.05) is 29.6 Å². The van der Waals surface area contributed by atoms with Crippen LogP contribution in [0.25, 0.3) is 0 Å². The first-order valence-electron chi connectivity index (χ1n) is 11.7. The van der Waals surface area contributed by atoms with Crippen LogP contribution in [-0.4, -0.2) is 60.3 Å². The molecule has 2 aliphatic heterocycles. The van der Waals surface area contributed by atoms with Crippen LogP contribution in [0, 0.1) is 17.8 Å². The number of hydrogen-bond donors (Lipinski definition) is 2. The van der Waals surface area contributed by atoms with Crippen LogP contribution in [0.1, 0.15) is 37.7 Å². The molecule has 0 unspecified atom stereocenters. The number of carbonyl (C=O) groups is 4. The molecule has 1 aliphatic carbocycles. The van der Waals surface area contributed by atoms with Gasteiger partial charge >= 0.3 is 5.92 Å². The molecule has 11 heteroatoms. The zero-order valence-corrected chi connectivity index (χ0v) is 19.7. The number of rotatable bonds is 8. The number of benzene rings is 1. The van der Waals surface area contributed by atoms with Gasteiger partial charge in [0.05, 0.1) is 6.04 Å². The zero-order valence-electron chi connectivity index (χ0n) is 18.9. The van der Waals surface area contributed by atoms with Gasteiger partial charge < -0.3 is 15.5 Å². The predicted molar refractivity (Wildman–Crippen MR) is 120 cm³/mol. The lowest BCUT2D eigenvalue weighted by Gasteiger charge is -2.31. The van der Waals surface area contributed by atoms with Crippen LogP contribution in [0.15, 0.2) is 24.3 Å². The van der Waals surface area contributed by atoms with Crippen molar-refractivity contribution in [1.29, 1.82) is 0 Å². The number of Topliss-reactive ketones (excluding diaryl/α,β-unsaturated/α-hetero) is 1. The summed E-state index contributed by atoms with van der Waals surface area (Å²) in [6, 6.07) is 2.33. The lowest BCUT2D eigenvalue weighted by molar-refractivity contribution is -0.162. The van der Waals surface area contributed by atoms with Gasteiger partial charge in [-0.05, 0) is 49.7 Å². The highest BCUT2D eigenvalue weighted by atomic mass is 35.5. The molecular formula is C24H27ClF3N3O4. The van der Waals surface area contributed by atoms with Gasteiger partial charge in [0.2, 0.25) is 11.8 Å². The van der Waals surface area contributed by atoms with Crippen molar-refractivity contribution in [2.24, 2.45) is 17.8 Å². The summed E-state index contributed by atoms with van der Waals surface area (Å²) in [5, 5.41) is 5.16. The van der Waals surface area contributed by atoms with E-state index < -0.39 is 53.8 Å². The molecule has 1 aromatic carbocycles. The minimum Gasteiger partial charge on any atom is -0.356 e. The number of nitrogens with one attached hydrogen (secondary N) is 2. The van der Waals surface area contributed by atoms with Crippen LogP contribution in [-0.2, 0) is 25.1 Å². The number of nitrogens with zero attached hydrogens (tertiary/aromatic N) is 1. The van der Waals surface area contributed by atoms with E-state index in [0.717, 1.165) is 23.5 Å². The van der Waals surface area contributed by atoms with Crippen molar-refractivity contribution in [3.05, 3.63) is 34.9 Å². The number of ketones is 1. The number of fused-ring (bicyclic) bond motifs is 1. The van der Waals surface area contributed by atoms with Gasteiger partial charge in [0.25, 0.3) is 5.91 Å². The zero-order chi connectivity index (χ0) is 25.3. The number of amides is 3. The van der Waals surface area contributed by atoms with Crippen LogP contribution < -0.4 is 10.6 Å². The molecule has 2 N–H and O–H groups in total. The molecule has 7 nitrogen and oxygen atoms in total. The van der Waals surface area contributed by atoms with E-state index in [9.17, 15) is 23.6 Å². The van der Waals surface area contributed by atoms with Gasteiger partial charge in [-0.2, -0.15) is 8.78 Å². The lowest BCUT2D eigenvalue weighted by atomic mass is 9.92. The summed E-state index contributed by atoms with van der Waals surface area (Å²) in [5.41, 5.74) is -0.580. The van der Waals surface area contributed by atoms with E-state index in [1.54, 1.807) is 0 Å². The van der Waals surface area contributed by atoms with Crippen LogP contribution in [0.2, 0.25) is 5.02 Å². The van der Waals surface area contributed by atoms with Crippen LogP contribution in [0.3, 0.4) is 0 Å². The van der Waals surface area contributed by atoms with Crippen molar-refractivity contribution in [1.82, 2.24) is 15.5 Å². The molecule has 0 aromatic heterocycles. The van der Waals surface area contributed by atoms with Crippen molar-refractivity contribution in [2.75, 3.05) is 19.8 Å². The van der Waals surface area contributed by atoms with Crippen molar-refractivity contribution in [2.45, 2.75) is 50.1 Å². The second-order valence-corrected chi connectivity index (χ2v) is 9.95. The molecule has 2 heterocycles. The van der Waals surface area contributed by atoms with Gasteiger partial charge in [-0.25, -0.2) is 4.39 Å². The Labute approximate surface area is 205 Å². The smallest absolute Gasteiger partial charge is 0.350 e. The van der Waals surface area contributed by atoms with Crippen LogP contribution in [0.5, 0.6) is 0 Å². The Balaban J connectivity index is 1.57. The summed E-state index contributed by atoms with van der Waals surface area (Å²) in [6.07, 6.45) is 2.40. The van der Waals surface area contributed by atoms with E-state index in [4.69, 9.17) is 11.6 Å². The molecule has 0 radical (unpaired) electrons. The van der Waals surface area contributed by atoms with Gasteiger partial charge in [-0.1, -0.05) is 30.2 Å². The topological polar surface area (TPSA) is 95.6 Å². The fourth-order valence-corrected chi connectivity index (χ4v) is 5.80. The highest BCUT2D eigenvalue weighted by Gasteiger charge is 2.55. The minimum atomic E-state index is -3.92. The summed E-state index contributed by atoms with van der Waals surface area (Å²) in [4.78, 5) is 51.5. The highest BCUT2D eigenvalue weighted by Crippen LogP contribution is 2.44. The summed E-state index contributed by atoms with van der Waals surface area (Å²) >= 11 is 5.84. The van der Waals surface area contributed by atoms with Crippen molar-refractivity contribution >= 4 is 35.1 Å². The van der Waals surface area contributed by atoms with Gasteiger partial charge in [-0.3, -0.25) is 19.2 Å². The summed E-state index contributed by atoms with van der Waals surface area (Å²) in [6.45, 7) is -0.933. The molecule has 0 spiro atoms. The number of hydrogen-bond acceptors (Lipinski definition) is 4. The first-order valence-corrected chi connectivity index (χ1v) is 12.1. The van der Waals surface area contributed by atoms with Gasteiger partial charge in [0.15, 0.2) is 5.78 Å². The largest absolute Gasteiger partial charge is 0.356 e. The maximum absolute atomic E-state index is 15.2. The molecular weight excluding hydrogens is 487 g/mol. The number of carbonyl (C=O) groups excluding carboxylic acids is 4. The van der Waals surface area contributed by atoms with Crippen LogP contribution >= 0.6 is 11.6 Å². The third-order valence-electron chi connectivity index (χ3n) is 7.40. The maximum Gasteiger partial charge on any atom is 0.350 e. The van der Waals surface area contributed by atoms with Gasteiger partial charge in [0.1, 0.15) is 12.7 Å².